The SMILES string of the molecule is CC(C)c1cc(C(C)C)c(S[C@@H](Sc2ccccn2)[C@H](O)C(C)(C)C)c(C(C)C)c1. The monoisotopic (exact) mass is 445 g/mol. The molecule has 2 aromatic rings. The van der Waals surface area contributed by atoms with Gasteiger partial charge in [0.05, 0.1) is 15.7 Å². The summed E-state index contributed by atoms with van der Waals surface area (Å²) in [5.41, 5.74) is 3.97. The van der Waals surface area contributed by atoms with Crippen LogP contribution >= 0.6 is 23.5 Å². The maximum atomic E-state index is 11.3. The van der Waals surface area contributed by atoms with Crippen LogP contribution in [0.25, 0.3) is 0 Å². The molecule has 0 amide bonds. The van der Waals surface area contributed by atoms with Gasteiger partial charge >= 0.3 is 0 Å². The normalized spacial score (nSPS) is 14.6. The Bertz CT molecular complexity index is 781. The minimum Gasteiger partial charge on any atom is -0.391 e. The average molecular weight is 446 g/mol. The Morgan fingerprint density at radius 2 is 1.40 bits per heavy atom. The summed E-state index contributed by atoms with van der Waals surface area (Å²) in [6, 6.07) is 10.7. The predicted octanol–water partition coefficient (Wildman–Crippen LogP) is 8.07. The van der Waals surface area contributed by atoms with Gasteiger partial charge in [0.15, 0.2) is 0 Å². The molecule has 1 aromatic heterocycles. The van der Waals surface area contributed by atoms with Gasteiger partial charge in [-0.15, -0.1) is 11.8 Å². The topological polar surface area (TPSA) is 33.1 Å². The smallest absolute Gasteiger partial charge is 0.0971 e. The zero-order chi connectivity index (χ0) is 22.6. The first kappa shape index (κ1) is 25.3. The first-order chi connectivity index (χ1) is 13.9. The third-order valence-electron chi connectivity index (χ3n) is 5.33. The van der Waals surface area contributed by atoms with Crippen molar-refractivity contribution in [3.05, 3.63) is 53.2 Å². The standard InChI is InChI=1S/C26H39NOS2/c1-16(2)19-14-20(17(3)4)23(21(15-19)18(5)6)30-25(24(28)26(7,8)9)29-22-12-10-11-13-27-22/h10-18,24-25,28H,1-9H3/t24-,25+/m0/s1. The molecule has 0 aliphatic heterocycles. The summed E-state index contributed by atoms with van der Waals surface area (Å²) in [4.78, 5) is 5.85. The summed E-state index contributed by atoms with van der Waals surface area (Å²) >= 11 is 3.49. The maximum absolute atomic E-state index is 11.3. The van der Waals surface area contributed by atoms with E-state index < -0.39 is 6.10 Å². The fourth-order valence-corrected chi connectivity index (χ4v) is 6.70. The van der Waals surface area contributed by atoms with Crippen LogP contribution in [0.5, 0.6) is 0 Å². The van der Waals surface area contributed by atoms with E-state index in [1.54, 1.807) is 11.8 Å². The highest BCUT2D eigenvalue weighted by Crippen LogP contribution is 2.46. The van der Waals surface area contributed by atoms with Gasteiger partial charge < -0.3 is 5.11 Å². The third-order valence-corrected chi connectivity index (χ3v) is 8.08. The molecule has 30 heavy (non-hydrogen) atoms. The Morgan fingerprint density at radius 1 is 0.833 bits per heavy atom. The van der Waals surface area contributed by atoms with Gasteiger partial charge in [-0.3, -0.25) is 0 Å². The van der Waals surface area contributed by atoms with Crippen LogP contribution in [-0.4, -0.2) is 20.8 Å². The highest BCUT2D eigenvalue weighted by Gasteiger charge is 2.34. The Hall–Kier alpha value is -0.970. The first-order valence-corrected chi connectivity index (χ1v) is 12.8. The summed E-state index contributed by atoms with van der Waals surface area (Å²) in [6.45, 7) is 19.9. The molecule has 1 N–H and O–H groups in total. The minimum atomic E-state index is -0.473. The first-order valence-electron chi connectivity index (χ1n) is 11.0. The van der Waals surface area contributed by atoms with Crippen molar-refractivity contribution in [1.82, 2.24) is 4.98 Å². The molecule has 0 unspecified atom stereocenters. The van der Waals surface area contributed by atoms with E-state index in [2.05, 4.69) is 79.4 Å². The van der Waals surface area contributed by atoms with Gasteiger partial charge in [0.2, 0.25) is 0 Å². The number of benzene rings is 1. The zero-order valence-electron chi connectivity index (χ0n) is 20.1. The number of aromatic nitrogens is 1. The average Bonchev–Trinajstić information content (AvgIpc) is 2.66. The molecule has 0 fully saturated rings. The molecule has 2 nitrogen and oxygen atoms in total. The molecule has 1 heterocycles. The number of aliphatic hydroxyl groups is 1. The van der Waals surface area contributed by atoms with Crippen LogP contribution < -0.4 is 0 Å². The zero-order valence-corrected chi connectivity index (χ0v) is 21.7. The maximum Gasteiger partial charge on any atom is 0.0971 e. The van der Waals surface area contributed by atoms with Crippen LogP contribution in [0, 0.1) is 5.41 Å². The van der Waals surface area contributed by atoms with Crippen LogP contribution in [0.4, 0.5) is 0 Å². The Kier molecular flexibility index (Phi) is 8.91. The number of hydrogen-bond donors (Lipinski definition) is 1. The quantitative estimate of drug-likeness (QED) is 0.329. The van der Waals surface area contributed by atoms with Crippen LogP contribution in [0.2, 0.25) is 0 Å². The lowest BCUT2D eigenvalue weighted by molar-refractivity contribution is 0.0777. The second-order valence-electron chi connectivity index (χ2n) is 10.1. The van der Waals surface area contributed by atoms with Crippen molar-refractivity contribution < 1.29 is 5.11 Å². The molecule has 4 heteroatoms. The van der Waals surface area contributed by atoms with Crippen molar-refractivity contribution in [3.63, 3.8) is 0 Å². The summed E-state index contributed by atoms with van der Waals surface area (Å²) < 4.78 is -0.0419. The Labute approximate surface area is 192 Å². The van der Waals surface area contributed by atoms with Crippen LogP contribution in [-0.2, 0) is 0 Å². The fourth-order valence-electron chi connectivity index (χ4n) is 3.24. The van der Waals surface area contributed by atoms with Gasteiger partial charge in [-0.1, -0.05) is 92.3 Å². The fraction of sp³-hybridized carbons (Fsp3) is 0.577. The van der Waals surface area contributed by atoms with E-state index in [1.165, 1.54) is 21.6 Å². The van der Waals surface area contributed by atoms with Gasteiger partial charge in [0.25, 0.3) is 0 Å². The number of pyridine rings is 1. The van der Waals surface area contributed by atoms with Crippen molar-refractivity contribution in [2.24, 2.45) is 5.41 Å². The number of aliphatic hydroxyl groups excluding tert-OH is 1. The highest BCUT2D eigenvalue weighted by molar-refractivity contribution is 8.17. The Morgan fingerprint density at radius 3 is 1.80 bits per heavy atom. The lowest BCUT2D eigenvalue weighted by atomic mass is 9.89. The molecule has 2 atom stereocenters. The molecule has 0 saturated heterocycles. The molecule has 0 bridgehead atoms. The van der Waals surface area contributed by atoms with E-state index in [9.17, 15) is 5.11 Å². The molecule has 1 aromatic carbocycles. The van der Waals surface area contributed by atoms with Crippen LogP contribution in [0.3, 0.4) is 0 Å². The summed E-state index contributed by atoms with van der Waals surface area (Å²) in [6.07, 6.45) is 1.35. The van der Waals surface area contributed by atoms with Gasteiger partial charge in [-0.2, -0.15) is 0 Å². The molecular weight excluding hydrogens is 406 g/mol. The lowest BCUT2D eigenvalue weighted by Crippen LogP contribution is -2.34. The highest BCUT2D eigenvalue weighted by atomic mass is 32.2. The second-order valence-corrected chi connectivity index (χ2v) is 12.7. The molecule has 0 aliphatic rings. The molecule has 166 valence electrons. The van der Waals surface area contributed by atoms with E-state index in [0.29, 0.717) is 17.8 Å². The van der Waals surface area contributed by atoms with Crippen LogP contribution in [0.15, 0.2) is 46.5 Å². The second kappa shape index (κ2) is 10.6. The van der Waals surface area contributed by atoms with Crippen molar-refractivity contribution >= 4 is 23.5 Å². The summed E-state index contributed by atoms with van der Waals surface area (Å²) in [5.74, 6) is 1.35. The van der Waals surface area contributed by atoms with Gasteiger partial charge in [-0.25, -0.2) is 4.98 Å². The predicted molar refractivity (Wildman–Crippen MR) is 134 cm³/mol. The number of nitrogens with zero attached hydrogens (tertiary/aromatic N) is 1. The lowest BCUT2D eigenvalue weighted by Gasteiger charge is -2.33. The number of thioether (sulfide) groups is 2. The van der Waals surface area contributed by atoms with E-state index in [4.69, 9.17) is 0 Å². The molecule has 0 radical (unpaired) electrons. The van der Waals surface area contributed by atoms with E-state index in [-0.39, 0.29) is 10.00 Å². The van der Waals surface area contributed by atoms with Gasteiger partial charge in [0, 0.05) is 11.1 Å². The van der Waals surface area contributed by atoms with Crippen molar-refractivity contribution in [3.8, 4) is 0 Å². The largest absolute Gasteiger partial charge is 0.391 e. The molecule has 0 spiro atoms. The van der Waals surface area contributed by atoms with Gasteiger partial charge in [-0.05, 0) is 52.0 Å². The molecule has 0 saturated carbocycles. The van der Waals surface area contributed by atoms with Crippen molar-refractivity contribution in [1.29, 1.82) is 0 Å². The number of hydrogen-bond acceptors (Lipinski definition) is 4. The van der Waals surface area contributed by atoms with Crippen molar-refractivity contribution in [2.45, 2.75) is 101 Å². The van der Waals surface area contributed by atoms with Crippen LogP contribution in [0.1, 0.15) is 96.8 Å². The third kappa shape index (κ3) is 6.51. The molecule has 0 aliphatic carbocycles. The van der Waals surface area contributed by atoms with Crippen molar-refractivity contribution in [2.75, 3.05) is 0 Å². The molecule has 2 rings (SSSR count). The van der Waals surface area contributed by atoms with E-state index in [0.717, 1.165) is 5.03 Å². The summed E-state index contributed by atoms with van der Waals surface area (Å²) in [7, 11) is 0. The van der Waals surface area contributed by atoms with Gasteiger partial charge in [0.1, 0.15) is 0 Å². The Balaban J connectivity index is 2.57. The van der Waals surface area contributed by atoms with E-state index in [1.807, 2.05) is 36.2 Å². The molecular formula is C26H39NOS2. The minimum absolute atomic E-state index is 0.0419. The van der Waals surface area contributed by atoms with E-state index >= 15 is 0 Å². The summed E-state index contributed by atoms with van der Waals surface area (Å²) in [5, 5.41) is 12.3. The number of rotatable bonds is 8.